The molecule has 0 radical (unpaired) electrons. The minimum Gasteiger partial charge on any atom is -0.395 e. The van der Waals surface area contributed by atoms with Gasteiger partial charge in [-0.1, -0.05) is 19.3 Å². The quantitative estimate of drug-likeness (QED) is 0.832. The van der Waals surface area contributed by atoms with Crippen LogP contribution < -0.4 is 0 Å². The summed E-state index contributed by atoms with van der Waals surface area (Å²) in [6.45, 7) is 1.21. The summed E-state index contributed by atoms with van der Waals surface area (Å²) in [6, 6.07) is 0.323. The molecule has 1 atom stereocenters. The molecule has 1 aliphatic carbocycles. The highest BCUT2D eigenvalue weighted by atomic mass is 16.5. The normalized spacial score (nSPS) is 25.9. The number of nitrogens with zero attached hydrogens (tertiary/aromatic N) is 1. The van der Waals surface area contributed by atoms with E-state index in [-0.39, 0.29) is 18.6 Å². The minimum absolute atomic E-state index is 0.0506. The van der Waals surface area contributed by atoms with Crippen molar-refractivity contribution in [2.45, 2.75) is 63.5 Å². The molecule has 0 aromatic rings. The van der Waals surface area contributed by atoms with Crippen LogP contribution in [0.4, 0.5) is 0 Å². The molecule has 0 spiro atoms. The van der Waals surface area contributed by atoms with Crippen LogP contribution in [0.15, 0.2) is 0 Å². The van der Waals surface area contributed by atoms with Gasteiger partial charge < -0.3 is 14.7 Å². The van der Waals surface area contributed by atoms with Crippen LogP contribution in [0.1, 0.15) is 51.4 Å². The second-order valence-corrected chi connectivity index (χ2v) is 5.40. The first-order valence-corrected chi connectivity index (χ1v) is 7.36. The molecule has 4 nitrogen and oxygen atoms in total. The predicted molar refractivity (Wildman–Crippen MR) is 69.3 cm³/mol. The van der Waals surface area contributed by atoms with Crippen LogP contribution in [0.2, 0.25) is 0 Å². The predicted octanol–water partition coefficient (Wildman–Crippen LogP) is 1.71. The zero-order chi connectivity index (χ0) is 12.8. The molecule has 0 aromatic heterocycles. The van der Waals surface area contributed by atoms with Crippen LogP contribution >= 0.6 is 0 Å². The van der Waals surface area contributed by atoms with Gasteiger partial charge in [0.25, 0.3) is 5.91 Å². The van der Waals surface area contributed by atoms with Gasteiger partial charge in [-0.2, -0.15) is 0 Å². The number of carbonyl (C=O) groups is 1. The van der Waals surface area contributed by atoms with E-state index in [2.05, 4.69) is 0 Å². The number of amides is 1. The van der Waals surface area contributed by atoms with Gasteiger partial charge in [0.05, 0.1) is 6.61 Å². The largest absolute Gasteiger partial charge is 0.395 e. The average molecular weight is 255 g/mol. The van der Waals surface area contributed by atoms with Gasteiger partial charge in [0.1, 0.15) is 6.10 Å². The van der Waals surface area contributed by atoms with Crippen molar-refractivity contribution in [2.75, 3.05) is 19.8 Å². The fourth-order valence-corrected chi connectivity index (χ4v) is 3.09. The van der Waals surface area contributed by atoms with Crippen LogP contribution in [0, 0.1) is 0 Å². The van der Waals surface area contributed by atoms with Gasteiger partial charge in [-0.15, -0.1) is 0 Å². The Bertz CT molecular complexity index is 258. The van der Waals surface area contributed by atoms with Crippen molar-refractivity contribution in [3.63, 3.8) is 0 Å². The third kappa shape index (κ3) is 3.45. The molecule has 0 bridgehead atoms. The van der Waals surface area contributed by atoms with E-state index in [1.807, 2.05) is 4.90 Å². The molecule has 2 fully saturated rings. The van der Waals surface area contributed by atoms with Crippen LogP contribution in [-0.4, -0.2) is 47.8 Å². The molecule has 1 saturated carbocycles. The first-order valence-electron chi connectivity index (χ1n) is 7.36. The summed E-state index contributed by atoms with van der Waals surface area (Å²) in [7, 11) is 0. The fraction of sp³-hybridized carbons (Fsp3) is 0.929. The monoisotopic (exact) mass is 255 g/mol. The van der Waals surface area contributed by atoms with Gasteiger partial charge in [0, 0.05) is 19.2 Å². The van der Waals surface area contributed by atoms with E-state index in [0.29, 0.717) is 19.2 Å². The van der Waals surface area contributed by atoms with Gasteiger partial charge >= 0.3 is 0 Å². The lowest BCUT2D eigenvalue weighted by molar-refractivity contribution is -0.150. The van der Waals surface area contributed by atoms with Gasteiger partial charge in [-0.05, 0) is 32.1 Å². The third-order valence-corrected chi connectivity index (χ3v) is 4.09. The summed E-state index contributed by atoms with van der Waals surface area (Å²) in [5.74, 6) is 0.107. The molecule has 18 heavy (non-hydrogen) atoms. The molecular weight excluding hydrogens is 230 g/mol. The molecule has 1 N–H and O–H groups in total. The molecule has 2 rings (SSSR count). The van der Waals surface area contributed by atoms with Gasteiger partial charge in [0.15, 0.2) is 0 Å². The Balaban J connectivity index is 1.96. The van der Waals surface area contributed by atoms with Crippen LogP contribution in [0.25, 0.3) is 0 Å². The van der Waals surface area contributed by atoms with Crippen molar-refractivity contribution in [1.82, 2.24) is 4.90 Å². The lowest BCUT2D eigenvalue weighted by Gasteiger charge is -2.37. The zero-order valence-electron chi connectivity index (χ0n) is 11.1. The Morgan fingerprint density at radius 1 is 1.11 bits per heavy atom. The van der Waals surface area contributed by atoms with E-state index in [0.717, 1.165) is 32.1 Å². The number of hydrogen-bond donors (Lipinski definition) is 1. The molecular formula is C14H25NO3. The number of aliphatic hydroxyl groups excluding tert-OH is 1. The highest BCUT2D eigenvalue weighted by Gasteiger charge is 2.31. The van der Waals surface area contributed by atoms with Crippen molar-refractivity contribution >= 4 is 5.91 Å². The van der Waals surface area contributed by atoms with Gasteiger partial charge in [-0.3, -0.25) is 4.79 Å². The van der Waals surface area contributed by atoms with Crippen molar-refractivity contribution < 1.29 is 14.6 Å². The second-order valence-electron chi connectivity index (χ2n) is 5.40. The molecule has 1 amide bonds. The maximum atomic E-state index is 12.5. The van der Waals surface area contributed by atoms with Crippen molar-refractivity contribution in [3.05, 3.63) is 0 Å². The summed E-state index contributed by atoms with van der Waals surface area (Å²) in [4.78, 5) is 14.4. The van der Waals surface area contributed by atoms with E-state index in [1.165, 1.54) is 19.3 Å². The van der Waals surface area contributed by atoms with E-state index < -0.39 is 0 Å². The molecule has 1 saturated heterocycles. The molecule has 2 aliphatic rings. The van der Waals surface area contributed by atoms with E-state index in [9.17, 15) is 9.90 Å². The molecule has 1 unspecified atom stereocenters. The minimum atomic E-state index is -0.257. The Morgan fingerprint density at radius 2 is 1.83 bits per heavy atom. The Labute approximate surface area is 109 Å². The SMILES string of the molecule is O=C(C1CCCCO1)N(CCO)C1CCCCC1. The highest BCUT2D eigenvalue weighted by molar-refractivity contribution is 5.81. The Hall–Kier alpha value is -0.610. The first kappa shape index (κ1) is 13.8. The highest BCUT2D eigenvalue weighted by Crippen LogP contribution is 2.24. The first-order chi connectivity index (χ1) is 8.83. The van der Waals surface area contributed by atoms with Crippen LogP contribution in [0.5, 0.6) is 0 Å². The Kier molecular flexibility index (Phi) is 5.45. The number of aliphatic hydroxyl groups is 1. The van der Waals surface area contributed by atoms with Crippen molar-refractivity contribution in [1.29, 1.82) is 0 Å². The number of ether oxygens (including phenoxy) is 1. The summed E-state index contributed by atoms with van der Waals surface area (Å²) in [5, 5.41) is 9.18. The summed E-state index contributed by atoms with van der Waals surface area (Å²) < 4.78 is 5.59. The number of rotatable bonds is 4. The molecule has 1 heterocycles. The van der Waals surface area contributed by atoms with Crippen LogP contribution in [0.3, 0.4) is 0 Å². The Morgan fingerprint density at radius 3 is 2.44 bits per heavy atom. The molecule has 1 aliphatic heterocycles. The number of hydrogen-bond acceptors (Lipinski definition) is 3. The summed E-state index contributed by atoms with van der Waals surface area (Å²) in [6.07, 6.45) is 8.56. The van der Waals surface area contributed by atoms with Crippen molar-refractivity contribution in [2.24, 2.45) is 0 Å². The van der Waals surface area contributed by atoms with Gasteiger partial charge in [0.2, 0.25) is 0 Å². The van der Waals surface area contributed by atoms with Gasteiger partial charge in [-0.25, -0.2) is 0 Å². The van der Waals surface area contributed by atoms with E-state index in [1.54, 1.807) is 0 Å². The summed E-state index contributed by atoms with van der Waals surface area (Å²) >= 11 is 0. The zero-order valence-corrected chi connectivity index (χ0v) is 11.1. The molecule has 104 valence electrons. The lowest BCUT2D eigenvalue weighted by Crippen LogP contribution is -2.49. The van der Waals surface area contributed by atoms with E-state index in [4.69, 9.17) is 4.74 Å². The standard InChI is InChI=1S/C14H25NO3/c16-10-9-15(12-6-2-1-3-7-12)14(17)13-8-4-5-11-18-13/h12-13,16H,1-11H2. The smallest absolute Gasteiger partial charge is 0.252 e. The van der Waals surface area contributed by atoms with Crippen molar-refractivity contribution in [3.8, 4) is 0 Å². The number of carbonyl (C=O) groups excluding carboxylic acids is 1. The van der Waals surface area contributed by atoms with Crippen LogP contribution in [-0.2, 0) is 9.53 Å². The summed E-state index contributed by atoms with van der Waals surface area (Å²) in [5.41, 5.74) is 0. The molecule has 0 aromatic carbocycles. The molecule has 4 heteroatoms. The topological polar surface area (TPSA) is 49.8 Å². The van der Waals surface area contributed by atoms with E-state index >= 15 is 0 Å². The maximum Gasteiger partial charge on any atom is 0.252 e. The third-order valence-electron chi connectivity index (χ3n) is 4.09. The lowest BCUT2D eigenvalue weighted by atomic mass is 9.93. The average Bonchev–Trinajstić information content (AvgIpc) is 2.46. The maximum absolute atomic E-state index is 12.5. The second kappa shape index (κ2) is 7.10. The fourth-order valence-electron chi connectivity index (χ4n) is 3.09.